The minimum absolute atomic E-state index is 0.610. The first-order valence-corrected chi connectivity index (χ1v) is 9.59. The molecule has 0 fully saturated rings. The third kappa shape index (κ3) is 3.22. The number of aryl methyl sites for hydroxylation is 2. The Hall–Kier alpha value is -2.94. The fraction of sp³-hybridized carbons (Fsp3) is 0.154. The molecule has 0 amide bonds. The zero-order valence-electron chi connectivity index (χ0n) is 16.3. The van der Waals surface area contributed by atoms with Crippen LogP contribution in [0.4, 0.5) is 0 Å². The van der Waals surface area contributed by atoms with Gasteiger partial charge in [0, 0.05) is 0 Å². The van der Waals surface area contributed by atoms with Crippen LogP contribution in [0.15, 0.2) is 91.0 Å². The molecule has 4 aromatic rings. The van der Waals surface area contributed by atoms with Crippen LogP contribution < -0.4 is 5.73 Å². The van der Waals surface area contributed by atoms with Crippen LogP contribution in [0.2, 0.25) is 0 Å². The van der Waals surface area contributed by atoms with Crippen molar-refractivity contribution in [2.75, 3.05) is 0 Å². The highest BCUT2D eigenvalue weighted by molar-refractivity contribution is 5.83. The number of hydrogen-bond acceptors (Lipinski definition) is 2. The van der Waals surface area contributed by atoms with E-state index in [1.54, 1.807) is 0 Å². The Morgan fingerprint density at radius 1 is 0.679 bits per heavy atom. The maximum Gasteiger partial charge on any atom is 0.134 e. The fourth-order valence-corrected chi connectivity index (χ4v) is 3.93. The lowest BCUT2D eigenvalue weighted by Crippen LogP contribution is -2.40. The van der Waals surface area contributed by atoms with Crippen LogP contribution >= 0.6 is 0 Å². The number of nitrogens with two attached hydrogens (primary N) is 1. The Morgan fingerprint density at radius 3 is 1.82 bits per heavy atom. The molecule has 4 rings (SSSR count). The molecular weight excluding hydrogens is 342 g/mol. The average molecular weight is 367 g/mol. The average Bonchev–Trinajstić information content (AvgIpc) is 2.72. The molecule has 140 valence electrons. The summed E-state index contributed by atoms with van der Waals surface area (Å²) in [6.07, 6.45) is 0. The van der Waals surface area contributed by atoms with Crippen molar-refractivity contribution < 1.29 is 5.11 Å². The molecule has 0 spiro atoms. The highest BCUT2D eigenvalue weighted by Gasteiger charge is 2.39. The van der Waals surface area contributed by atoms with E-state index in [2.05, 4.69) is 24.3 Å². The topological polar surface area (TPSA) is 46.2 Å². The van der Waals surface area contributed by atoms with Crippen molar-refractivity contribution in [1.82, 2.24) is 0 Å². The van der Waals surface area contributed by atoms with Gasteiger partial charge in [-0.1, -0.05) is 96.1 Å². The monoisotopic (exact) mass is 367 g/mol. The third-order valence-electron chi connectivity index (χ3n) is 5.50. The van der Waals surface area contributed by atoms with E-state index >= 15 is 0 Å². The van der Waals surface area contributed by atoms with Crippen molar-refractivity contribution in [2.45, 2.75) is 25.5 Å². The van der Waals surface area contributed by atoms with E-state index < -0.39 is 11.6 Å². The van der Waals surface area contributed by atoms with Crippen molar-refractivity contribution in [3.8, 4) is 0 Å². The van der Waals surface area contributed by atoms with Crippen molar-refractivity contribution in [3.63, 3.8) is 0 Å². The lowest BCUT2D eigenvalue weighted by atomic mass is 9.77. The molecule has 0 saturated heterocycles. The largest absolute Gasteiger partial charge is 0.378 e. The second-order valence-corrected chi connectivity index (χ2v) is 7.59. The van der Waals surface area contributed by atoms with Crippen molar-refractivity contribution in [2.24, 2.45) is 5.73 Å². The van der Waals surface area contributed by atoms with Gasteiger partial charge in [0.1, 0.15) is 5.60 Å². The number of fused-ring (bicyclic) bond motifs is 1. The first-order valence-electron chi connectivity index (χ1n) is 9.59. The SMILES string of the molecule is Cc1cccc(C(O)(c2cccc(C)c2)C(N)c2ccc3ccccc3c2)c1. The first-order chi connectivity index (χ1) is 13.5. The summed E-state index contributed by atoms with van der Waals surface area (Å²) in [5.41, 5.74) is 10.1. The number of rotatable bonds is 4. The van der Waals surface area contributed by atoms with Gasteiger partial charge in [0.25, 0.3) is 0 Å². The van der Waals surface area contributed by atoms with Crippen LogP contribution in [-0.2, 0) is 5.60 Å². The van der Waals surface area contributed by atoms with E-state index in [1.807, 2.05) is 80.6 Å². The molecule has 0 aromatic heterocycles. The van der Waals surface area contributed by atoms with Gasteiger partial charge in [-0.05, 0) is 47.4 Å². The predicted octanol–water partition coefficient (Wildman–Crippen LogP) is 5.39. The highest BCUT2D eigenvalue weighted by atomic mass is 16.3. The Labute approximate surface area is 166 Å². The first kappa shape index (κ1) is 18.4. The van der Waals surface area contributed by atoms with E-state index in [-0.39, 0.29) is 0 Å². The van der Waals surface area contributed by atoms with Gasteiger partial charge in [-0.25, -0.2) is 0 Å². The Kier molecular flexibility index (Phi) is 4.76. The van der Waals surface area contributed by atoms with Crippen molar-refractivity contribution in [1.29, 1.82) is 0 Å². The number of hydrogen-bond donors (Lipinski definition) is 2. The second kappa shape index (κ2) is 7.23. The Bertz CT molecular complexity index is 1090. The van der Waals surface area contributed by atoms with Gasteiger partial charge in [0.05, 0.1) is 6.04 Å². The van der Waals surface area contributed by atoms with E-state index in [9.17, 15) is 5.11 Å². The van der Waals surface area contributed by atoms with Gasteiger partial charge >= 0.3 is 0 Å². The predicted molar refractivity (Wildman–Crippen MR) is 116 cm³/mol. The summed E-state index contributed by atoms with van der Waals surface area (Å²) in [5, 5.41) is 14.3. The Morgan fingerprint density at radius 2 is 1.25 bits per heavy atom. The molecule has 0 radical (unpaired) electrons. The maximum absolute atomic E-state index is 12.1. The van der Waals surface area contributed by atoms with E-state index in [0.29, 0.717) is 0 Å². The van der Waals surface area contributed by atoms with Gasteiger partial charge in [-0.3, -0.25) is 0 Å². The van der Waals surface area contributed by atoms with Gasteiger partial charge in [0.2, 0.25) is 0 Å². The standard InChI is InChI=1S/C26H25NO/c1-18-7-5-11-23(15-18)26(28,24-12-6-8-19(2)16-24)25(27)22-14-13-20-9-3-4-10-21(20)17-22/h3-17,25,28H,27H2,1-2H3. The minimum atomic E-state index is -1.33. The van der Waals surface area contributed by atoms with E-state index in [0.717, 1.165) is 38.6 Å². The molecule has 2 heteroatoms. The van der Waals surface area contributed by atoms with Crippen LogP contribution in [0.1, 0.15) is 33.9 Å². The van der Waals surface area contributed by atoms with Crippen LogP contribution in [0.5, 0.6) is 0 Å². The third-order valence-corrected chi connectivity index (χ3v) is 5.50. The summed E-state index contributed by atoms with van der Waals surface area (Å²) in [4.78, 5) is 0. The summed E-state index contributed by atoms with van der Waals surface area (Å²) in [6, 6.07) is 29.7. The van der Waals surface area contributed by atoms with Gasteiger partial charge in [-0.2, -0.15) is 0 Å². The van der Waals surface area contributed by atoms with Crippen LogP contribution in [0, 0.1) is 13.8 Å². The molecule has 28 heavy (non-hydrogen) atoms. The Balaban J connectivity index is 1.91. The molecule has 0 aliphatic heterocycles. The summed E-state index contributed by atoms with van der Waals surface area (Å²) in [7, 11) is 0. The van der Waals surface area contributed by atoms with Crippen LogP contribution in [0.3, 0.4) is 0 Å². The number of benzene rings is 4. The van der Waals surface area contributed by atoms with E-state index in [4.69, 9.17) is 5.73 Å². The van der Waals surface area contributed by atoms with Gasteiger partial charge < -0.3 is 10.8 Å². The lowest BCUT2D eigenvalue weighted by Gasteiger charge is -2.36. The molecule has 0 aliphatic rings. The molecule has 3 N–H and O–H groups in total. The summed E-state index contributed by atoms with van der Waals surface area (Å²) >= 11 is 0. The highest BCUT2D eigenvalue weighted by Crippen LogP contribution is 2.40. The van der Waals surface area contributed by atoms with Gasteiger partial charge in [0.15, 0.2) is 0 Å². The molecule has 0 aliphatic carbocycles. The van der Waals surface area contributed by atoms with E-state index in [1.165, 1.54) is 0 Å². The maximum atomic E-state index is 12.1. The van der Waals surface area contributed by atoms with Crippen molar-refractivity contribution in [3.05, 3.63) is 119 Å². The van der Waals surface area contributed by atoms with Crippen LogP contribution in [-0.4, -0.2) is 5.11 Å². The molecule has 1 unspecified atom stereocenters. The molecular formula is C26H25NO. The summed E-state index contributed by atoms with van der Waals surface area (Å²) < 4.78 is 0. The molecule has 0 bridgehead atoms. The smallest absolute Gasteiger partial charge is 0.134 e. The molecule has 1 atom stereocenters. The van der Waals surface area contributed by atoms with Gasteiger partial charge in [-0.15, -0.1) is 0 Å². The molecule has 0 saturated carbocycles. The number of aliphatic hydroxyl groups is 1. The minimum Gasteiger partial charge on any atom is -0.378 e. The second-order valence-electron chi connectivity index (χ2n) is 7.59. The normalized spacial score (nSPS) is 12.9. The van der Waals surface area contributed by atoms with Crippen LogP contribution in [0.25, 0.3) is 10.8 Å². The zero-order valence-corrected chi connectivity index (χ0v) is 16.3. The zero-order chi connectivity index (χ0) is 19.7. The molecule has 2 nitrogen and oxygen atoms in total. The molecule has 4 aromatic carbocycles. The fourth-order valence-electron chi connectivity index (χ4n) is 3.93. The van der Waals surface area contributed by atoms with Crippen molar-refractivity contribution >= 4 is 10.8 Å². The molecule has 0 heterocycles. The lowest BCUT2D eigenvalue weighted by molar-refractivity contribution is 0.0511. The summed E-state index contributed by atoms with van der Waals surface area (Å²) in [6.45, 7) is 4.06. The summed E-state index contributed by atoms with van der Waals surface area (Å²) in [5.74, 6) is 0. The quantitative estimate of drug-likeness (QED) is 0.508.